The molecule has 6 heteroatoms. The number of benzene rings is 1. The second-order valence-electron chi connectivity index (χ2n) is 5.42. The van der Waals surface area contributed by atoms with E-state index in [-0.39, 0.29) is 12.0 Å². The van der Waals surface area contributed by atoms with Crippen molar-refractivity contribution in [3.8, 4) is 5.75 Å². The maximum atomic E-state index is 12.6. The first kappa shape index (κ1) is 16.3. The zero-order chi connectivity index (χ0) is 16.2. The number of aromatic nitrogens is 1. The van der Waals surface area contributed by atoms with Gasteiger partial charge in [-0.3, -0.25) is 9.78 Å². The van der Waals surface area contributed by atoms with Crippen LogP contribution in [0.2, 0.25) is 5.02 Å². The number of hydrogen-bond acceptors (Lipinski definition) is 3. The van der Waals surface area contributed by atoms with Gasteiger partial charge in [0.1, 0.15) is 11.9 Å². The van der Waals surface area contributed by atoms with Gasteiger partial charge in [0, 0.05) is 36.6 Å². The Morgan fingerprint density at radius 2 is 2.09 bits per heavy atom. The van der Waals surface area contributed by atoms with E-state index in [4.69, 9.17) is 16.3 Å². The van der Waals surface area contributed by atoms with Crippen LogP contribution in [-0.4, -0.2) is 35.0 Å². The highest BCUT2D eigenvalue weighted by Gasteiger charge is 2.26. The van der Waals surface area contributed by atoms with Crippen LogP contribution in [0.3, 0.4) is 0 Å². The predicted octanol–water partition coefficient (Wildman–Crippen LogP) is 4.18. The summed E-state index contributed by atoms with van der Waals surface area (Å²) in [4.78, 5) is 18.5. The lowest BCUT2D eigenvalue weighted by Crippen LogP contribution is -2.41. The van der Waals surface area contributed by atoms with Gasteiger partial charge in [0.15, 0.2) is 0 Å². The molecule has 1 aromatic heterocycles. The summed E-state index contributed by atoms with van der Waals surface area (Å²) in [6.07, 6.45) is 5.13. The van der Waals surface area contributed by atoms with Crippen molar-refractivity contribution in [1.29, 1.82) is 0 Å². The van der Waals surface area contributed by atoms with E-state index < -0.39 is 0 Å². The second kappa shape index (κ2) is 7.32. The Morgan fingerprint density at radius 1 is 1.30 bits per heavy atom. The van der Waals surface area contributed by atoms with Gasteiger partial charge in [0.2, 0.25) is 0 Å². The van der Waals surface area contributed by atoms with Crippen molar-refractivity contribution >= 4 is 33.4 Å². The number of carbonyl (C=O) groups excluding carboxylic acids is 1. The predicted molar refractivity (Wildman–Crippen MR) is 92.9 cm³/mol. The lowest BCUT2D eigenvalue weighted by Gasteiger charge is -2.32. The zero-order valence-corrected chi connectivity index (χ0v) is 14.8. The maximum absolute atomic E-state index is 12.6. The Bertz CT molecular complexity index is 688. The summed E-state index contributed by atoms with van der Waals surface area (Å²) >= 11 is 9.53. The van der Waals surface area contributed by atoms with E-state index in [0.29, 0.717) is 23.7 Å². The number of pyridine rings is 1. The second-order valence-corrected chi connectivity index (χ2v) is 6.75. The van der Waals surface area contributed by atoms with Crippen LogP contribution in [0.25, 0.3) is 0 Å². The van der Waals surface area contributed by atoms with Gasteiger partial charge in [-0.15, -0.1) is 0 Å². The van der Waals surface area contributed by atoms with Crippen molar-refractivity contribution in [3.05, 3.63) is 57.8 Å². The fourth-order valence-electron chi connectivity index (χ4n) is 2.62. The minimum Gasteiger partial charge on any atom is -0.489 e. The van der Waals surface area contributed by atoms with Crippen LogP contribution in [-0.2, 0) is 0 Å². The summed E-state index contributed by atoms with van der Waals surface area (Å²) in [6, 6.07) is 9.07. The zero-order valence-electron chi connectivity index (χ0n) is 12.4. The monoisotopic (exact) mass is 394 g/mol. The van der Waals surface area contributed by atoms with E-state index in [9.17, 15) is 4.79 Å². The van der Waals surface area contributed by atoms with Crippen molar-refractivity contribution in [2.75, 3.05) is 13.1 Å². The molecule has 1 aromatic carbocycles. The molecule has 0 unspecified atom stereocenters. The Balaban J connectivity index is 1.60. The third-order valence-electron chi connectivity index (χ3n) is 3.83. The van der Waals surface area contributed by atoms with Crippen LogP contribution in [0.5, 0.6) is 5.75 Å². The first-order valence-electron chi connectivity index (χ1n) is 7.44. The van der Waals surface area contributed by atoms with Gasteiger partial charge in [-0.2, -0.15) is 0 Å². The number of rotatable bonds is 3. The molecule has 3 rings (SSSR count). The summed E-state index contributed by atoms with van der Waals surface area (Å²) < 4.78 is 6.75. The van der Waals surface area contributed by atoms with Crippen LogP contribution >= 0.6 is 27.5 Å². The minimum absolute atomic E-state index is 0.0314. The van der Waals surface area contributed by atoms with Gasteiger partial charge in [0.05, 0.1) is 16.8 Å². The molecule has 120 valence electrons. The normalized spacial score (nSPS) is 15.5. The van der Waals surface area contributed by atoms with Gasteiger partial charge >= 0.3 is 0 Å². The van der Waals surface area contributed by atoms with Crippen LogP contribution in [0.15, 0.2) is 47.2 Å². The van der Waals surface area contributed by atoms with Crippen molar-refractivity contribution in [2.45, 2.75) is 18.9 Å². The van der Waals surface area contributed by atoms with E-state index in [1.807, 2.05) is 23.1 Å². The molecular formula is C17H16BrClN2O2. The van der Waals surface area contributed by atoms with Gasteiger partial charge < -0.3 is 9.64 Å². The number of piperidine rings is 1. The van der Waals surface area contributed by atoms with E-state index in [1.165, 1.54) is 0 Å². The molecule has 1 fully saturated rings. The van der Waals surface area contributed by atoms with Gasteiger partial charge in [-0.25, -0.2) is 0 Å². The summed E-state index contributed by atoms with van der Waals surface area (Å²) in [6.45, 7) is 1.32. The first-order chi connectivity index (χ1) is 11.1. The number of carbonyl (C=O) groups is 1. The third-order valence-corrected chi connectivity index (χ3v) is 4.65. The molecule has 4 nitrogen and oxygen atoms in total. The summed E-state index contributed by atoms with van der Waals surface area (Å²) in [7, 11) is 0. The van der Waals surface area contributed by atoms with Crippen molar-refractivity contribution in [3.63, 3.8) is 0 Å². The molecule has 1 aliphatic heterocycles. The number of hydrogen-bond donors (Lipinski definition) is 0. The molecule has 0 N–H and O–H groups in total. The molecule has 0 aliphatic carbocycles. The molecule has 1 amide bonds. The van der Waals surface area contributed by atoms with Gasteiger partial charge in [0.25, 0.3) is 5.91 Å². The smallest absolute Gasteiger partial charge is 0.255 e. The van der Waals surface area contributed by atoms with E-state index in [1.54, 1.807) is 24.5 Å². The molecule has 23 heavy (non-hydrogen) atoms. The summed E-state index contributed by atoms with van der Waals surface area (Å²) in [5, 5.41) is 0.479. The van der Waals surface area contributed by atoms with E-state index in [2.05, 4.69) is 20.9 Å². The molecule has 0 atom stereocenters. The van der Waals surface area contributed by atoms with Crippen molar-refractivity contribution in [1.82, 2.24) is 9.88 Å². The van der Waals surface area contributed by atoms with Gasteiger partial charge in [-0.1, -0.05) is 27.5 Å². The molecule has 1 aliphatic rings. The molecule has 0 saturated carbocycles. The molecular weight excluding hydrogens is 380 g/mol. The quantitative estimate of drug-likeness (QED) is 0.783. The topological polar surface area (TPSA) is 42.4 Å². The van der Waals surface area contributed by atoms with Crippen LogP contribution in [0, 0.1) is 0 Å². The fourth-order valence-corrected chi connectivity index (χ4v) is 3.18. The Kier molecular flexibility index (Phi) is 5.18. The lowest BCUT2D eigenvalue weighted by atomic mass is 10.1. The highest BCUT2D eigenvalue weighted by Crippen LogP contribution is 2.25. The molecule has 1 saturated heterocycles. The summed E-state index contributed by atoms with van der Waals surface area (Å²) in [5.41, 5.74) is 0.535. The highest BCUT2D eigenvalue weighted by atomic mass is 79.9. The number of amides is 1. The number of ether oxygens (including phenoxy) is 1. The molecule has 0 radical (unpaired) electrons. The van der Waals surface area contributed by atoms with Gasteiger partial charge in [-0.05, 0) is 30.3 Å². The minimum atomic E-state index is -0.0314. The van der Waals surface area contributed by atoms with E-state index >= 15 is 0 Å². The first-order valence-corrected chi connectivity index (χ1v) is 8.61. The summed E-state index contributed by atoms with van der Waals surface area (Å²) in [5.74, 6) is 0.739. The third kappa shape index (κ3) is 4.03. The Hall–Kier alpha value is -1.59. The largest absolute Gasteiger partial charge is 0.489 e. The van der Waals surface area contributed by atoms with Crippen LogP contribution < -0.4 is 4.74 Å². The van der Waals surface area contributed by atoms with Crippen molar-refractivity contribution < 1.29 is 9.53 Å². The molecule has 2 aromatic rings. The molecule has 0 spiro atoms. The standard InChI is InChI=1S/C17H16BrClN2O2/c18-12-3-4-16(19)15(10-12)17(22)21-8-5-13(6-9-21)23-14-2-1-7-20-11-14/h1-4,7,10-11,13H,5-6,8-9H2. The number of nitrogens with zero attached hydrogens (tertiary/aromatic N) is 2. The highest BCUT2D eigenvalue weighted by molar-refractivity contribution is 9.10. The Morgan fingerprint density at radius 3 is 2.78 bits per heavy atom. The fraction of sp³-hybridized carbons (Fsp3) is 0.294. The van der Waals surface area contributed by atoms with E-state index in [0.717, 1.165) is 23.1 Å². The average molecular weight is 396 g/mol. The van der Waals surface area contributed by atoms with Crippen LogP contribution in [0.1, 0.15) is 23.2 Å². The molecule has 0 bridgehead atoms. The molecule has 2 heterocycles. The number of halogens is 2. The van der Waals surface area contributed by atoms with Crippen LogP contribution in [0.4, 0.5) is 0 Å². The number of likely N-dealkylation sites (tertiary alicyclic amines) is 1. The van der Waals surface area contributed by atoms with Crippen molar-refractivity contribution in [2.24, 2.45) is 0 Å². The Labute approximate surface area is 148 Å². The average Bonchev–Trinajstić information content (AvgIpc) is 2.58. The maximum Gasteiger partial charge on any atom is 0.255 e. The lowest BCUT2D eigenvalue weighted by molar-refractivity contribution is 0.0595. The SMILES string of the molecule is O=C(c1cc(Br)ccc1Cl)N1CCC(Oc2cccnc2)CC1.